The number of pyridine rings is 1. The highest BCUT2D eigenvalue weighted by atomic mass is 35.5. The van der Waals surface area contributed by atoms with Crippen LogP contribution in [0, 0.1) is 6.92 Å². The van der Waals surface area contributed by atoms with Crippen molar-refractivity contribution in [2.75, 3.05) is 5.32 Å². The molecule has 6 nitrogen and oxygen atoms in total. The standard InChI is InChI=1S/C14H11ClN4O2S/c1-7-17-18-14(22-7)16-13(21)9-6-19(2)11-8(12(9)20)4-3-5-10(11)15/h3-6H,1-2H3,(H,16,18,21). The summed E-state index contributed by atoms with van der Waals surface area (Å²) in [5.74, 6) is -0.515. The maximum absolute atomic E-state index is 12.5. The molecule has 2 aromatic heterocycles. The highest BCUT2D eigenvalue weighted by Gasteiger charge is 2.17. The number of carbonyl (C=O) groups excluding carboxylic acids is 1. The van der Waals surface area contributed by atoms with E-state index >= 15 is 0 Å². The second kappa shape index (κ2) is 5.51. The van der Waals surface area contributed by atoms with Crippen LogP contribution in [-0.2, 0) is 7.05 Å². The van der Waals surface area contributed by atoms with Crippen molar-refractivity contribution in [1.82, 2.24) is 14.8 Å². The third kappa shape index (κ3) is 2.49. The Morgan fingerprint density at radius 2 is 2.14 bits per heavy atom. The number of aromatic nitrogens is 3. The number of halogens is 1. The Kier molecular flexibility index (Phi) is 3.67. The van der Waals surface area contributed by atoms with E-state index in [2.05, 4.69) is 15.5 Å². The summed E-state index contributed by atoms with van der Waals surface area (Å²) < 4.78 is 1.67. The molecule has 0 aliphatic carbocycles. The van der Waals surface area contributed by atoms with Crippen molar-refractivity contribution in [3.05, 3.63) is 50.2 Å². The quantitative estimate of drug-likeness (QED) is 0.781. The van der Waals surface area contributed by atoms with Crippen LogP contribution in [0.3, 0.4) is 0 Å². The molecule has 0 saturated heterocycles. The molecule has 0 unspecified atom stereocenters. The van der Waals surface area contributed by atoms with Crippen LogP contribution >= 0.6 is 22.9 Å². The monoisotopic (exact) mass is 334 g/mol. The van der Waals surface area contributed by atoms with Gasteiger partial charge in [0.05, 0.1) is 10.5 Å². The van der Waals surface area contributed by atoms with Gasteiger partial charge in [0.25, 0.3) is 5.91 Å². The van der Waals surface area contributed by atoms with Crippen LogP contribution in [0.25, 0.3) is 10.9 Å². The molecule has 0 fully saturated rings. The van der Waals surface area contributed by atoms with Crippen LogP contribution in [0.15, 0.2) is 29.2 Å². The van der Waals surface area contributed by atoms with Crippen LogP contribution in [0.4, 0.5) is 5.13 Å². The lowest BCUT2D eigenvalue weighted by Crippen LogP contribution is -2.23. The first-order chi connectivity index (χ1) is 10.5. The highest BCUT2D eigenvalue weighted by Crippen LogP contribution is 2.21. The maximum Gasteiger partial charge on any atom is 0.262 e. The van der Waals surface area contributed by atoms with Gasteiger partial charge in [-0.05, 0) is 19.1 Å². The van der Waals surface area contributed by atoms with Crippen molar-refractivity contribution in [1.29, 1.82) is 0 Å². The molecule has 22 heavy (non-hydrogen) atoms. The van der Waals surface area contributed by atoms with Gasteiger partial charge in [0.15, 0.2) is 0 Å². The lowest BCUT2D eigenvalue weighted by atomic mass is 10.1. The summed E-state index contributed by atoms with van der Waals surface area (Å²) in [5.41, 5.74) is 0.261. The molecule has 8 heteroatoms. The van der Waals surface area contributed by atoms with Gasteiger partial charge >= 0.3 is 0 Å². The van der Waals surface area contributed by atoms with Crippen molar-refractivity contribution in [2.24, 2.45) is 7.05 Å². The molecule has 2 heterocycles. The Labute approximate surface area is 134 Å². The smallest absolute Gasteiger partial charge is 0.262 e. The Morgan fingerprint density at radius 3 is 2.82 bits per heavy atom. The largest absolute Gasteiger partial charge is 0.348 e. The molecule has 0 spiro atoms. The van der Waals surface area contributed by atoms with Crippen molar-refractivity contribution in [3.63, 3.8) is 0 Å². The molecule has 1 aromatic carbocycles. The van der Waals surface area contributed by atoms with E-state index in [0.29, 0.717) is 21.1 Å². The van der Waals surface area contributed by atoms with Gasteiger partial charge in [-0.25, -0.2) is 0 Å². The summed E-state index contributed by atoms with van der Waals surface area (Å²) >= 11 is 7.36. The summed E-state index contributed by atoms with van der Waals surface area (Å²) in [7, 11) is 1.74. The SMILES string of the molecule is Cc1nnc(NC(=O)c2cn(C)c3c(Cl)cccc3c2=O)s1. The van der Waals surface area contributed by atoms with Gasteiger partial charge in [0, 0.05) is 18.6 Å². The van der Waals surface area contributed by atoms with Gasteiger partial charge in [-0.3, -0.25) is 14.9 Å². The number of nitrogens with one attached hydrogen (secondary N) is 1. The van der Waals surface area contributed by atoms with Gasteiger partial charge in [-0.1, -0.05) is 29.0 Å². The van der Waals surface area contributed by atoms with Crippen molar-refractivity contribution < 1.29 is 4.79 Å². The number of hydrogen-bond donors (Lipinski definition) is 1. The number of para-hydroxylation sites is 1. The molecule has 0 radical (unpaired) electrons. The molecule has 1 N–H and O–H groups in total. The Balaban J connectivity index is 2.10. The lowest BCUT2D eigenvalue weighted by molar-refractivity contribution is 0.102. The van der Waals surface area contributed by atoms with Crippen molar-refractivity contribution in [3.8, 4) is 0 Å². The first-order valence-electron chi connectivity index (χ1n) is 6.36. The van der Waals surface area contributed by atoms with Crippen LogP contribution < -0.4 is 10.7 Å². The molecular weight excluding hydrogens is 324 g/mol. The van der Waals surface area contributed by atoms with E-state index in [1.165, 1.54) is 17.5 Å². The fourth-order valence-corrected chi connectivity index (χ4v) is 3.09. The van der Waals surface area contributed by atoms with E-state index in [1.54, 1.807) is 36.7 Å². The number of fused-ring (bicyclic) bond motifs is 1. The van der Waals surface area contributed by atoms with E-state index in [9.17, 15) is 9.59 Å². The van der Waals surface area contributed by atoms with Crippen LogP contribution in [0.1, 0.15) is 15.4 Å². The van der Waals surface area contributed by atoms with Gasteiger partial charge < -0.3 is 4.57 Å². The second-order valence-electron chi connectivity index (χ2n) is 4.70. The number of anilines is 1. The fraction of sp³-hybridized carbons (Fsp3) is 0.143. The summed E-state index contributed by atoms with van der Waals surface area (Å²) in [5, 5.41) is 12.2. The number of benzene rings is 1. The highest BCUT2D eigenvalue weighted by molar-refractivity contribution is 7.15. The van der Waals surface area contributed by atoms with E-state index in [0.717, 1.165) is 5.01 Å². The van der Waals surface area contributed by atoms with E-state index < -0.39 is 5.91 Å². The zero-order valence-electron chi connectivity index (χ0n) is 11.8. The van der Waals surface area contributed by atoms with E-state index in [1.807, 2.05) is 0 Å². The minimum absolute atomic E-state index is 0.0325. The van der Waals surface area contributed by atoms with Crippen LogP contribution in [0.5, 0.6) is 0 Å². The first-order valence-corrected chi connectivity index (χ1v) is 7.56. The van der Waals surface area contributed by atoms with Gasteiger partial charge in [-0.2, -0.15) is 0 Å². The number of nitrogens with zero attached hydrogens (tertiary/aromatic N) is 3. The number of carbonyl (C=O) groups is 1. The third-order valence-corrected chi connectivity index (χ3v) is 4.20. The predicted molar refractivity (Wildman–Crippen MR) is 86.8 cm³/mol. The lowest BCUT2D eigenvalue weighted by Gasteiger charge is -2.09. The van der Waals surface area contributed by atoms with Gasteiger partial charge in [0.2, 0.25) is 10.6 Å². The Hall–Kier alpha value is -2.25. The molecule has 0 aliphatic rings. The molecule has 3 rings (SSSR count). The van der Waals surface area contributed by atoms with E-state index in [-0.39, 0.29) is 11.0 Å². The van der Waals surface area contributed by atoms with Crippen molar-refractivity contribution in [2.45, 2.75) is 6.92 Å². The normalized spacial score (nSPS) is 10.9. The van der Waals surface area contributed by atoms with Gasteiger partial charge in [-0.15, -0.1) is 10.2 Å². The molecule has 1 amide bonds. The molecule has 0 bridgehead atoms. The summed E-state index contributed by atoms with van der Waals surface area (Å²) in [6.45, 7) is 1.78. The third-order valence-electron chi connectivity index (χ3n) is 3.14. The number of rotatable bonds is 2. The number of hydrogen-bond acceptors (Lipinski definition) is 5. The van der Waals surface area contributed by atoms with Crippen LogP contribution in [0.2, 0.25) is 5.02 Å². The van der Waals surface area contributed by atoms with Crippen molar-refractivity contribution >= 4 is 44.9 Å². The molecule has 0 atom stereocenters. The van der Waals surface area contributed by atoms with Gasteiger partial charge in [0.1, 0.15) is 10.6 Å². The zero-order valence-corrected chi connectivity index (χ0v) is 13.3. The van der Waals surface area contributed by atoms with Crippen LogP contribution in [-0.4, -0.2) is 20.7 Å². The molecular formula is C14H11ClN4O2S. The Bertz CT molecular complexity index is 948. The minimum atomic E-state index is -0.515. The summed E-state index contributed by atoms with van der Waals surface area (Å²) in [6.07, 6.45) is 1.47. The maximum atomic E-state index is 12.5. The molecule has 0 aliphatic heterocycles. The summed E-state index contributed by atoms with van der Waals surface area (Å²) in [6, 6.07) is 5.03. The first kappa shape index (κ1) is 14.7. The molecule has 3 aromatic rings. The number of amides is 1. The Morgan fingerprint density at radius 1 is 1.36 bits per heavy atom. The predicted octanol–water partition coefficient (Wildman–Crippen LogP) is 2.60. The zero-order chi connectivity index (χ0) is 15.9. The van der Waals surface area contributed by atoms with E-state index in [4.69, 9.17) is 11.6 Å². The molecule has 112 valence electrons. The second-order valence-corrected chi connectivity index (χ2v) is 6.29. The fourth-order valence-electron chi connectivity index (χ4n) is 2.19. The number of aryl methyl sites for hydroxylation is 2. The minimum Gasteiger partial charge on any atom is -0.348 e. The average Bonchev–Trinajstić information content (AvgIpc) is 2.87. The topological polar surface area (TPSA) is 76.9 Å². The molecule has 0 saturated carbocycles. The average molecular weight is 335 g/mol. The summed E-state index contributed by atoms with van der Waals surface area (Å²) in [4.78, 5) is 24.8.